The SMILES string of the molecule is Cc1cn([C@@H]2O[C@@]3(COCc4ccccc4)C(=O)[C@H](C)[C@@H]2[C@@H]3OCc2ccccc2)c(=O)[nH]c1=O. The number of carbonyl (C=O) groups excluding carboxylic acids is 1. The number of benzene rings is 2. The predicted molar refractivity (Wildman–Crippen MR) is 128 cm³/mol. The number of Topliss-reactive ketones (excluding diaryl/α,β-unsaturated/α-hetero) is 1. The van der Waals surface area contributed by atoms with Gasteiger partial charge in [0, 0.05) is 23.6 Å². The van der Waals surface area contributed by atoms with E-state index in [2.05, 4.69) is 4.98 Å². The molecule has 182 valence electrons. The second-order valence-corrected chi connectivity index (χ2v) is 9.30. The van der Waals surface area contributed by atoms with E-state index in [1.165, 1.54) is 10.8 Å². The Kier molecular flexibility index (Phi) is 6.27. The highest BCUT2D eigenvalue weighted by molar-refractivity contribution is 5.94. The number of fused-ring (bicyclic) bond motifs is 2. The predicted octanol–water partition coefficient (Wildman–Crippen LogP) is 2.75. The molecule has 1 aromatic heterocycles. The van der Waals surface area contributed by atoms with Crippen LogP contribution in [0.2, 0.25) is 0 Å². The monoisotopic (exact) mass is 476 g/mol. The summed E-state index contributed by atoms with van der Waals surface area (Å²) >= 11 is 0. The Bertz CT molecular complexity index is 1320. The molecule has 2 aliphatic rings. The second kappa shape index (κ2) is 9.37. The van der Waals surface area contributed by atoms with E-state index >= 15 is 0 Å². The van der Waals surface area contributed by atoms with E-state index in [1.54, 1.807) is 6.92 Å². The van der Waals surface area contributed by atoms with Gasteiger partial charge in [0.05, 0.1) is 19.8 Å². The smallest absolute Gasteiger partial charge is 0.330 e. The third-order valence-corrected chi connectivity index (χ3v) is 7.00. The van der Waals surface area contributed by atoms with Crippen LogP contribution in [0.25, 0.3) is 0 Å². The Labute approximate surface area is 202 Å². The molecule has 8 heteroatoms. The quantitative estimate of drug-likeness (QED) is 0.537. The van der Waals surface area contributed by atoms with Gasteiger partial charge in [-0.2, -0.15) is 0 Å². The number of aromatic nitrogens is 2. The van der Waals surface area contributed by atoms with Gasteiger partial charge in [-0.3, -0.25) is 19.1 Å². The van der Waals surface area contributed by atoms with E-state index in [0.717, 1.165) is 11.1 Å². The molecule has 2 heterocycles. The van der Waals surface area contributed by atoms with Crippen LogP contribution < -0.4 is 11.2 Å². The molecule has 2 aromatic carbocycles. The molecular weight excluding hydrogens is 448 g/mol. The average Bonchev–Trinajstić information content (AvgIpc) is 3.28. The van der Waals surface area contributed by atoms with Gasteiger partial charge in [-0.15, -0.1) is 0 Å². The van der Waals surface area contributed by atoms with E-state index in [-0.39, 0.29) is 19.0 Å². The van der Waals surface area contributed by atoms with Crippen LogP contribution in [0.15, 0.2) is 76.4 Å². The summed E-state index contributed by atoms with van der Waals surface area (Å²) in [6.07, 6.45) is 0.0909. The maximum absolute atomic E-state index is 13.5. The first-order valence-corrected chi connectivity index (χ1v) is 11.7. The number of nitrogens with one attached hydrogen (secondary N) is 1. The molecule has 1 saturated carbocycles. The fraction of sp³-hybridized carbons (Fsp3) is 0.370. The van der Waals surface area contributed by atoms with E-state index in [0.29, 0.717) is 12.2 Å². The molecule has 1 saturated heterocycles. The zero-order valence-corrected chi connectivity index (χ0v) is 19.7. The number of ketones is 1. The van der Waals surface area contributed by atoms with Crippen molar-refractivity contribution in [3.8, 4) is 0 Å². The van der Waals surface area contributed by atoms with E-state index in [1.807, 2.05) is 67.6 Å². The highest BCUT2D eigenvalue weighted by Crippen LogP contribution is 2.55. The van der Waals surface area contributed by atoms with Crippen molar-refractivity contribution in [2.75, 3.05) is 6.61 Å². The van der Waals surface area contributed by atoms with Crippen molar-refractivity contribution in [3.63, 3.8) is 0 Å². The van der Waals surface area contributed by atoms with Crippen LogP contribution in [0, 0.1) is 18.8 Å². The number of hydrogen-bond acceptors (Lipinski definition) is 6. The molecular formula is C27H28N2O6. The van der Waals surface area contributed by atoms with Gasteiger partial charge in [0.1, 0.15) is 12.3 Å². The Morgan fingerprint density at radius 1 is 0.971 bits per heavy atom. The second-order valence-electron chi connectivity index (χ2n) is 9.30. The molecule has 0 amide bonds. The molecule has 3 aromatic rings. The van der Waals surface area contributed by atoms with Crippen molar-refractivity contribution in [1.29, 1.82) is 0 Å². The Morgan fingerprint density at radius 3 is 2.26 bits per heavy atom. The first-order chi connectivity index (χ1) is 16.9. The van der Waals surface area contributed by atoms with Gasteiger partial charge in [0.25, 0.3) is 5.56 Å². The number of aryl methyl sites for hydroxylation is 1. The van der Waals surface area contributed by atoms with Crippen LogP contribution in [0.4, 0.5) is 0 Å². The zero-order chi connectivity index (χ0) is 24.6. The van der Waals surface area contributed by atoms with Crippen molar-refractivity contribution in [3.05, 3.63) is 104 Å². The number of carbonyl (C=O) groups is 1. The van der Waals surface area contributed by atoms with E-state index in [4.69, 9.17) is 14.2 Å². The van der Waals surface area contributed by atoms with Gasteiger partial charge < -0.3 is 14.2 Å². The van der Waals surface area contributed by atoms with Crippen molar-refractivity contribution in [2.24, 2.45) is 11.8 Å². The number of hydrogen-bond donors (Lipinski definition) is 1. The molecule has 1 aliphatic heterocycles. The Morgan fingerprint density at radius 2 is 1.60 bits per heavy atom. The lowest BCUT2D eigenvalue weighted by molar-refractivity contribution is -0.181. The van der Waals surface area contributed by atoms with Crippen LogP contribution in [-0.2, 0) is 32.2 Å². The minimum Gasteiger partial charge on any atom is -0.373 e. The lowest BCUT2D eigenvalue weighted by Crippen LogP contribution is -2.50. The molecule has 5 atom stereocenters. The number of H-pyrrole nitrogens is 1. The summed E-state index contributed by atoms with van der Waals surface area (Å²) in [4.78, 5) is 40.5. The fourth-order valence-corrected chi connectivity index (χ4v) is 5.19. The van der Waals surface area contributed by atoms with Gasteiger partial charge in [-0.1, -0.05) is 67.6 Å². The Hall–Kier alpha value is -3.33. The van der Waals surface area contributed by atoms with Crippen LogP contribution in [-0.4, -0.2) is 33.6 Å². The number of rotatable bonds is 8. The zero-order valence-electron chi connectivity index (χ0n) is 19.7. The maximum atomic E-state index is 13.5. The summed E-state index contributed by atoms with van der Waals surface area (Å²) in [5.74, 6) is -0.942. The molecule has 2 fully saturated rings. The normalized spacial score (nSPS) is 27.4. The molecule has 1 aliphatic carbocycles. The summed E-state index contributed by atoms with van der Waals surface area (Å²) in [6.45, 7) is 4.06. The summed E-state index contributed by atoms with van der Waals surface area (Å²) in [5, 5.41) is 0. The third kappa shape index (κ3) is 4.18. The molecule has 1 N–H and O–H groups in total. The fourth-order valence-electron chi connectivity index (χ4n) is 5.19. The summed E-state index contributed by atoms with van der Waals surface area (Å²) < 4.78 is 20.1. The molecule has 0 unspecified atom stereocenters. The van der Waals surface area contributed by atoms with E-state index < -0.39 is 41.0 Å². The highest BCUT2D eigenvalue weighted by atomic mass is 16.6. The van der Waals surface area contributed by atoms with Crippen molar-refractivity contribution in [1.82, 2.24) is 9.55 Å². The van der Waals surface area contributed by atoms with Crippen molar-refractivity contribution in [2.45, 2.75) is 45.0 Å². The van der Waals surface area contributed by atoms with Crippen LogP contribution in [0.5, 0.6) is 0 Å². The number of aromatic amines is 1. The minimum absolute atomic E-state index is 0.00535. The molecule has 0 radical (unpaired) electrons. The molecule has 35 heavy (non-hydrogen) atoms. The van der Waals surface area contributed by atoms with Gasteiger partial charge in [-0.05, 0) is 18.1 Å². The topological polar surface area (TPSA) is 99.6 Å². The summed E-state index contributed by atoms with van der Waals surface area (Å²) in [6, 6.07) is 19.4. The lowest BCUT2D eigenvalue weighted by atomic mass is 9.94. The van der Waals surface area contributed by atoms with Crippen LogP contribution >= 0.6 is 0 Å². The minimum atomic E-state index is -1.36. The average molecular weight is 477 g/mol. The molecule has 8 nitrogen and oxygen atoms in total. The standard InChI is InChI=1S/C27H28N2O6/c1-17-13-29(26(32)28-24(17)31)25-21-18(2)22(30)27(35-25,16-33-14-19-9-5-3-6-10-19)23(21)34-15-20-11-7-4-8-12-20/h3-13,18,21,23,25H,14-16H2,1-2H3,(H,28,31,32)/t18-,21-,23+,25-,27+/m1/s1. The number of nitrogens with zero attached hydrogens (tertiary/aromatic N) is 1. The molecule has 5 rings (SSSR count). The van der Waals surface area contributed by atoms with Crippen molar-refractivity contribution < 1.29 is 19.0 Å². The van der Waals surface area contributed by atoms with Gasteiger partial charge in [-0.25, -0.2) is 4.79 Å². The first-order valence-electron chi connectivity index (χ1n) is 11.7. The first kappa shape index (κ1) is 23.4. The van der Waals surface area contributed by atoms with Crippen molar-refractivity contribution >= 4 is 5.78 Å². The number of ether oxygens (including phenoxy) is 3. The van der Waals surface area contributed by atoms with Gasteiger partial charge in [0.15, 0.2) is 11.4 Å². The van der Waals surface area contributed by atoms with Gasteiger partial charge >= 0.3 is 5.69 Å². The summed E-state index contributed by atoms with van der Waals surface area (Å²) in [5.41, 5.74) is -0.0696. The lowest BCUT2D eigenvalue weighted by Gasteiger charge is -2.33. The van der Waals surface area contributed by atoms with Crippen LogP contribution in [0.3, 0.4) is 0 Å². The largest absolute Gasteiger partial charge is 0.373 e. The molecule has 2 bridgehead atoms. The Balaban J connectivity index is 1.47. The summed E-state index contributed by atoms with van der Waals surface area (Å²) in [7, 11) is 0. The van der Waals surface area contributed by atoms with Gasteiger partial charge in [0.2, 0.25) is 0 Å². The van der Waals surface area contributed by atoms with Crippen LogP contribution in [0.1, 0.15) is 29.8 Å². The molecule has 0 spiro atoms. The maximum Gasteiger partial charge on any atom is 0.330 e. The highest BCUT2D eigenvalue weighted by Gasteiger charge is 2.70. The third-order valence-electron chi connectivity index (χ3n) is 7.00. The van der Waals surface area contributed by atoms with E-state index in [9.17, 15) is 14.4 Å².